The van der Waals surface area contributed by atoms with Crippen molar-refractivity contribution in [3.63, 3.8) is 0 Å². The van der Waals surface area contributed by atoms with E-state index in [2.05, 4.69) is 183 Å². The molecule has 0 N–H and O–H groups in total. The number of hydrogen-bond donors (Lipinski definition) is 0. The number of fused-ring (bicyclic) bond motifs is 17. The van der Waals surface area contributed by atoms with Crippen molar-refractivity contribution in [2.24, 2.45) is 4.99 Å². The van der Waals surface area contributed by atoms with Crippen LogP contribution in [0.25, 0.3) is 49.7 Å². The van der Waals surface area contributed by atoms with Crippen molar-refractivity contribution < 1.29 is 0 Å². The molecule has 2 aliphatic carbocycles. The molecule has 4 unspecified atom stereocenters. The average molecular weight is 717 g/mol. The Hall–Kier alpha value is -7.07. The highest BCUT2D eigenvalue weighted by atomic mass is 15.2. The lowest BCUT2D eigenvalue weighted by Crippen LogP contribution is -2.37. The highest BCUT2D eigenvalue weighted by Gasteiger charge is 2.59. The van der Waals surface area contributed by atoms with E-state index in [1.165, 1.54) is 77.6 Å². The van der Waals surface area contributed by atoms with Gasteiger partial charge in [0.2, 0.25) is 0 Å². The third-order valence-corrected chi connectivity index (χ3v) is 13.3. The zero-order valence-corrected chi connectivity index (χ0v) is 30.4. The van der Waals surface area contributed by atoms with Crippen molar-refractivity contribution in [3.8, 4) is 27.9 Å². The van der Waals surface area contributed by atoms with Crippen LogP contribution in [-0.4, -0.2) is 40.3 Å². The number of pyridine rings is 1. The molecule has 3 aliphatic heterocycles. The van der Waals surface area contributed by atoms with E-state index < -0.39 is 0 Å². The maximum absolute atomic E-state index is 5.37. The van der Waals surface area contributed by atoms with Crippen molar-refractivity contribution in [1.82, 2.24) is 14.2 Å². The van der Waals surface area contributed by atoms with Crippen molar-refractivity contribution in [2.45, 2.75) is 29.3 Å². The largest absolute Gasteiger partial charge is 0.326 e. The second-order valence-corrected chi connectivity index (χ2v) is 15.7. The maximum Gasteiger partial charge on any atom is 0.292 e. The van der Waals surface area contributed by atoms with Gasteiger partial charge in [-0.25, -0.2) is 0 Å². The Morgan fingerprint density at radius 3 is 2.11 bits per heavy atom. The summed E-state index contributed by atoms with van der Waals surface area (Å²) in [6.45, 7) is 0. The first-order valence-electron chi connectivity index (χ1n) is 19.6. The number of para-hydroxylation sites is 1. The molecule has 0 fully saturated rings. The highest BCUT2D eigenvalue weighted by molar-refractivity contribution is 6.12. The van der Waals surface area contributed by atoms with Gasteiger partial charge in [-0.15, -0.1) is 4.67 Å². The van der Waals surface area contributed by atoms with Gasteiger partial charge in [0, 0.05) is 57.9 Å². The molecule has 6 aromatic carbocycles. The third kappa shape index (κ3) is 3.73. The lowest BCUT2D eigenvalue weighted by molar-refractivity contribution is 0.498. The van der Waals surface area contributed by atoms with Gasteiger partial charge in [-0.05, 0) is 87.0 Å². The van der Waals surface area contributed by atoms with Crippen LogP contribution in [0.1, 0.15) is 39.7 Å². The quantitative estimate of drug-likeness (QED) is 0.171. The minimum absolute atomic E-state index is 0.0189. The van der Waals surface area contributed by atoms with E-state index in [1.54, 1.807) is 0 Å². The summed E-state index contributed by atoms with van der Waals surface area (Å²) in [7, 11) is 0. The molecule has 262 valence electrons. The molecule has 8 aromatic rings. The molecule has 4 atom stereocenters. The van der Waals surface area contributed by atoms with Gasteiger partial charge in [0.15, 0.2) is 0 Å². The first-order valence-corrected chi connectivity index (χ1v) is 19.6. The van der Waals surface area contributed by atoms with Crippen molar-refractivity contribution in [1.29, 1.82) is 0 Å². The summed E-state index contributed by atoms with van der Waals surface area (Å²) in [5.74, 6) is 0.373. The fourth-order valence-electron chi connectivity index (χ4n) is 11.1. The molecular formula is C51H34N5+. The van der Waals surface area contributed by atoms with Gasteiger partial charge in [-0.3, -0.25) is 9.98 Å². The van der Waals surface area contributed by atoms with Crippen LogP contribution < -0.4 is 9.57 Å². The number of benzene rings is 6. The first-order chi connectivity index (χ1) is 27.8. The summed E-state index contributed by atoms with van der Waals surface area (Å²) in [6, 6.07) is 52.2. The molecule has 13 rings (SSSR count). The second-order valence-electron chi connectivity index (χ2n) is 15.7. The summed E-state index contributed by atoms with van der Waals surface area (Å²) in [4.78, 5) is 12.2. The predicted molar refractivity (Wildman–Crippen MR) is 229 cm³/mol. The summed E-state index contributed by atoms with van der Waals surface area (Å²) in [6.07, 6.45) is 14.6. The summed E-state index contributed by atoms with van der Waals surface area (Å²) >= 11 is 0. The number of aromatic nitrogens is 2. The summed E-state index contributed by atoms with van der Waals surface area (Å²) < 4.78 is 7.03. The van der Waals surface area contributed by atoms with E-state index in [9.17, 15) is 0 Å². The number of dihydropyridines is 1. The molecule has 5 heteroatoms. The Morgan fingerprint density at radius 1 is 0.607 bits per heavy atom. The summed E-state index contributed by atoms with van der Waals surface area (Å²) in [5, 5.41) is 2.55. The standard InChI is InChI=1S/C51H34N5/c1-4-12-42-35(8-1)36-9-2-5-13-43(36)51(42)44-24-23-38-37-10-3-6-14-45(37)56(49(38)48(44)39-11-7-26-54-50(39)51)34-21-17-32(18-22-34)31-15-19-33(20-16-31)55-46-25-27-52-28-40(46)41-29-53-30-47(41)55/h1-30,39,41,47,50H/q+1. The Morgan fingerprint density at radius 2 is 1.32 bits per heavy atom. The molecule has 0 bridgehead atoms. The van der Waals surface area contributed by atoms with E-state index in [0.29, 0.717) is 0 Å². The van der Waals surface area contributed by atoms with Gasteiger partial charge in [-0.1, -0.05) is 109 Å². The van der Waals surface area contributed by atoms with Crippen molar-refractivity contribution in [3.05, 3.63) is 192 Å². The van der Waals surface area contributed by atoms with Crippen LogP contribution in [-0.2, 0) is 5.41 Å². The lowest BCUT2D eigenvalue weighted by Gasteiger charge is -2.35. The van der Waals surface area contributed by atoms with Crippen LogP contribution in [0.3, 0.4) is 0 Å². The number of nitrogens with zero attached hydrogens (tertiary/aromatic N) is 5. The van der Waals surface area contributed by atoms with Crippen LogP contribution in [0.2, 0.25) is 0 Å². The molecular weight excluding hydrogens is 683 g/mol. The van der Waals surface area contributed by atoms with E-state index >= 15 is 0 Å². The number of allylic oxidation sites excluding steroid dienone is 1. The topological polar surface area (TPSA) is 47.5 Å². The fourth-order valence-corrected chi connectivity index (χ4v) is 11.1. The molecule has 5 nitrogen and oxygen atoms in total. The SMILES string of the molecule is C1=CC2c3c(ccc4c5ccccc5n(-c5ccc(-c6ccc(N7c8ccncc8C8C=[N+]=CC87)cc6)cc5)c34)C3(c4ccccc4-c4ccccc43)C2N=C1. The number of aliphatic imine (C=N–C) groups is 1. The lowest BCUT2D eigenvalue weighted by atomic mass is 9.69. The van der Waals surface area contributed by atoms with E-state index in [4.69, 9.17) is 4.99 Å². The first kappa shape index (κ1) is 30.3. The van der Waals surface area contributed by atoms with Gasteiger partial charge in [0.05, 0.1) is 22.5 Å². The van der Waals surface area contributed by atoms with E-state index in [1.807, 2.05) is 18.6 Å². The van der Waals surface area contributed by atoms with Crippen molar-refractivity contribution >= 4 is 51.8 Å². The van der Waals surface area contributed by atoms with Crippen LogP contribution in [0, 0.1) is 0 Å². The molecule has 0 radical (unpaired) electrons. The Bertz CT molecular complexity index is 3060. The van der Waals surface area contributed by atoms with Crippen LogP contribution in [0.15, 0.2) is 169 Å². The smallest absolute Gasteiger partial charge is 0.292 e. The Labute approximate surface area is 324 Å². The number of anilines is 2. The van der Waals surface area contributed by atoms with Crippen molar-refractivity contribution in [2.75, 3.05) is 4.90 Å². The molecule has 5 aliphatic rings. The Balaban J connectivity index is 0.964. The van der Waals surface area contributed by atoms with Gasteiger partial charge >= 0.3 is 0 Å². The minimum atomic E-state index is -0.377. The van der Waals surface area contributed by atoms with Gasteiger partial charge in [-0.2, -0.15) is 0 Å². The number of rotatable bonds is 3. The van der Waals surface area contributed by atoms with Gasteiger partial charge < -0.3 is 9.47 Å². The third-order valence-electron chi connectivity index (χ3n) is 13.3. The van der Waals surface area contributed by atoms with Gasteiger partial charge in [0.1, 0.15) is 12.0 Å². The van der Waals surface area contributed by atoms with Crippen LogP contribution in [0.5, 0.6) is 0 Å². The Kier molecular flexibility index (Phi) is 5.95. The molecule has 0 saturated heterocycles. The zero-order chi connectivity index (χ0) is 36.5. The normalized spacial score (nSPS) is 21.1. The van der Waals surface area contributed by atoms with Crippen LogP contribution >= 0.6 is 0 Å². The predicted octanol–water partition coefficient (Wildman–Crippen LogP) is 10.1. The molecule has 0 saturated carbocycles. The minimum Gasteiger partial charge on any atom is -0.326 e. The highest BCUT2D eigenvalue weighted by Crippen LogP contribution is 2.64. The zero-order valence-electron chi connectivity index (χ0n) is 30.4. The monoisotopic (exact) mass is 716 g/mol. The summed E-state index contributed by atoms with van der Waals surface area (Å²) in [5.41, 5.74) is 17.4. The van der Waals surface area contributed by atoms with Gasteiger partial charge in [0.25, 0.3) is 12.4 Å². The molecule has 0 amide bonds. The maximum atomic E-state index is 5.37. The molecule has 5 heterocycles. The number of hydrogen-bond acceptors (Lipinski definition) is 3. The van der Waals surface area contributed by atoms with Crippen LogP contribution in [0.4, 0.5) is 11.4 Å². The average Bonchev–Trinajstić information content (AvgIpc) is 4.07. The molecule has 2 aromatic heterocycles. The fraction of sp³-hybridized carbons (Fsp3) is 0.0980. The molecule has 56 heavy (non-hydrogen) atoms. The second kappa shape index (κ2) is 11.0. The van der Waals surface area contributed by atoms with E-state index in [0.717, 1.165) is 11.4 Å². The molecule has 1 spiro atoms. The van der Waals surface area contributed by atoms with E-state index in [-0.39, 0.29) is 29.3 Å².